The monoisotopic (exact) mass is 253 g/mol. The summed E-state index contributed by atoms with van der Waals surface area (Å²) in [6.45, 7) is 3.69. The zero-order chi connectivity index (χ0) is 14.0. The van der Waals surface area contributed by atoms with E-state index in [-0.39, 0.29) is 12.0 Å². The molecule has 5 nitrogen and oxygen atoms in total. The topological polar surface area (TPSA) is 83.5 Å². The Morgan fingerprint density at radius 3 is 2.44 bits per heavy atom. The van der Waals surface area contributed by atoms with E-state index in [1.54, 1.807) is 19.1 Å². The number of hydrogen-bond donors (Lipinski definition) is 2. The van der Waals surface area contributed by atoms with Crippen LogP contribution in [0, 0.1) is 0 Å². The first-order valence-corrected chi connectivity index (χ1v) is 5.88. The molecule has 0 aromatic rings. The van der Waals surface area contributed by atoms with Crippen molar-refractivity contribution in [1.29, 1.82) is 0 Å². The van der Waals surface area contributed by atoms with Gasteiger partial charge in [-0.2, -0.15) is 0 Å². The fourth-order valence-electron chi connectivity index (χ4n) is 1.19. The standard InChI is InChI=1S/C13H19NO4/c1-3-5-6-7-10(13(17)18)8-12(16)14-11(4-2)9-15/h5-7,9,11H,3-4,8H2,1-2H3,(H,14,16)(H,17,18). The molecule has 0 bridgehead atoms. The molecule has 0 aliphatic rings. The zero-order valence-electron chi connectivity index (χ0n) is 10.7. The lowest BCUT2D eigenvalue weighted by Gasteiger charge is -2.10. The van der Waals surface area contributed by atoms with Gasteiger partial charge in [0.05, 0.1) is 12.5 Å². The van der Waals surface area contributed by atoms with Gasteiger partial charge in [-0.1, -0.05) is 32.1 Å². The van der Waals surface area contributed by atoms with Gasteiger partial charge in [0.25, 0.3) is 0 Å². The largest absolute Gasteiger partial charge is 0.478 e. The van der Waals surface area contributed by atoms with Gasteiger partial charge in [0, 0.05) is 5.57 Å². The minimum atomic E-state index is -1.13. The molecule has 0 heterocycles. The molecular formula is C13H19NO4. The maximum Gasteiger partial charge on any atom is 0.332 e. The number of amides is 1. The van der Waals surface area contributed by atoms with Crippen molar-refractivity contribution in [2.75, 3.05) is 0 Å². The molecule has 5 heteroatoms. The van der Waals surface area contributed by atoms with Gasteiger partial charge in [0.2, 0.25) is 5.91 Å². The number of aldehydes is 1. The van der Waals surface area contributed by atoms with Crippen molar-refractivity contribution in [3.63, 3.8) is 0 Å². The molecule has 100 valence electrons. The van der Waals surface area contributed by atoms with Gasteiger partial charge >= 0.3 is 5.97 Å². The molecule has 0 saturated carbocycles. The van der Waals surface area contributed by atoms with Crippen LogP contribution in [0.15, 0.2) is 23.8 Å². The third kappa shape index (κ3) is 6.62. The number of allylic oxidation sites excluding steroid dienone is 3. The average molecular weight is 253 g/mol. The first-order chi connectivity index (χ1) is 8.54. The summed E-state index contributed by atoms with van der Waals surface area (Å²) in [6.07, 6.45) is 6.46. The molecule has 1 atom stereocenters. The molecule has 0 aromatic carbocycles. The highest BCUT2D eigenvalue weighted by molar-refractivity contribution is 5.94. The maximum absolute atomic E-state index is 11.5. The Morgan fingerprint density at radius 2 is 2.00 bits per heavy atom. The number of carboxylic acid groups (broad SMARTS) is 1. The zero-order valence-corrected chi connectivity index (χ0v) is 10.7. The molecule has 0 radical (unpaired) electrons. The Morgan fingerprint density at radius 1 is 1.33 bits per heavy atom. The highest BCUT2D eigenvalue weighted by Gasteiger charge is 2.14. The van der Waals surface area contributed by atoms with Crippen LogP contribution in [0.2, 0.25) is 0 Å². The third-order valence-corrected chi connectivity index (χ3v) is 2.25. The van der Waals surface area contributed by atoms with Gasteiger partial charge < -0.3 is 15.2 Å². The van der Waals surface area contributed by atoms with Crippen LogP contribution in [0.25, 0.3) is 0 Å². The smallest absolute Gasteiger partial charge is 0.332 e. The number of carboxylic acids is 1. The molecular weight excluding hydrogens is 234 g/mol. The van der Waals surface area contributed by atoms with Crippen molar-refractivity contribution in [2.45, 2.75) is 39.2 Å². The molecule has 0 aromatic heterocycles. The maximum atomic E-state index is 11.5. The van der Waals surface area contributed by atoms with Crippen molar-refractivity contribution >= 4 is 18.2 Å². The van der Waals surface area contributed by atoms with E-state index in [4.69, 9.17) is 5.11 Å². The molecule has 1 unspecified atom stereocenters. The van der Waals surface area contributed by atoms with Crippen LogP contribution in [0.3, 0.4) is 0 Å². The summed E-state index contributed by atoms with van der Waals surface area (Å²) in [5.74, 6) is -1.60. The van der Waals surface area contributed by atoms with Gasteiger partial charge in [-0.05, 0) is 12.8 Å². The van der Waals surface area contributed by atoms with Crippen LogP contribution in [0.5, 0.6) is 0 Å². The van der Waals surface area contributed by atoms with Crippen molar-refractivity contribution in [1.82, 2.24) is 5.32 Å². The van der Waals surface area contributed by atoms with Crippen molar-refractivity contribution in [3.05, 3.63) is 23.8 Å². The molecule has 0 aliphatic heterocycles. The highest BCUT2D eigenvalue weighted by Crippen LogP contribution is 2.03. The number of nitrogens with one attached hydrogen (secondary N) is 1. The third-order valence-electron chi connectivity index (χ3n) is 2.25. The van der Waals surface area contributed by atoms with Crippen molar-refractivity contribution < 1.29 is 19.5 Å². The SMILES string of the molecule is CCC=CC=C(CC(=O)NC(C=O)CC)C(=O)O. The fraction of sp³-hybridized carbons (Fsp3) is 0.462. The van der Waals surface area contributed by atoms with E-state index in [1.165, 1.54) is 6.08 Å². The van der Waals surface area contributed by atoms with E-state index in [1.807, 2.05) is 6.92 Å². The van der Waals surface area contributed by atoms with Gasteiger partial charge in [-0.15, -0.1) is 0 Å². The summed E-state index contributed by atoms with van der Waals surface area (Å²) in [7, 11) is 0. The molecule has 0 aliphatic carbocycles. The van der Waals surface area contributed by atoms with Gasteiger partial charge in [0.1, 0.15) is 6.29 Å². The quantitative estimate of drug-likeness (QED) is 0.389. The predicted octanol–water partition coefficient (Wildman–Crippen LogP) is 1.45. The first-order valence-electron chi connectivity index (χ1n) is 5.88. The number of aliphatic carboxylic acids is 1. The Labute approximate surface area is 107 Å². The van der Waals surface area contributed by atoms with Gasteiger partial charge in [-0.25, -0.2) is 4.79 Å². The second kappa shape index (κ2) is 9.15. The number of hydrogen-bond acceptors (Lipinski definition) is 3. The molecule has 0 rings (SSSR count). The van der Waals surface area contributed by atoms with E-state index in [2.05, 4.69) is 5.32 Å². The normalized spacial score (nSPS) is 13.3. The van der Waals surface area contributed by atoms with Crippen LogP contribution < -0.4 is 5.32 Å². The van der Waals surface area contributed by atoms with Crippen molar-refractivity contribution in [2.24, 2.45) is 0 Å². The molecule has 0 fully saturated rings. The number of carbonyl (C=O) groups is 3. The predicted molar refractivity (Wildman–Crippen MR) is 68.1 cm³/mol. The molecule has 18 heavy (non-hydrogen) atoms. The number of rotatable bonds is 8. The van der Waals surface area contributed by atoms with E-state index in [0.717, 1.165) is 6.42 Å². The summed E-state index contributed by atoms with van der Waals surface area (Å²) in [5, 5.41) is 11.4. The van der Waals surface area contributed by atoms with Gasteiger partial charge in [-0.3, -0.25) is 4.79 Å². The summed E-state index contributed by atoms with van der Waals surface area (Å²) in [4.78, 5) is 33.0. The first kappa shape index (κ1) is 16.1. The Balaban J connectivity index is 4.55. The summed E-state index contributed by atoms with van der Waals surface area (Å²) in [5.41, 5.74) is -0.00190. The minimum Gasteiger partial charge on any atom is -0.478 e. The average Bonchev–Trinajstić information content (AvgIpc) is 2.34. The summed E-state index contributed by atoms with van der Waals surface area (Å²) in [6, 6.07) is -0.557. The summed E-state index contributed by atoms with van der Waals surface area (Å²) < 4.78 is 0. The number of carbonyl (C=O) groups excluding carboxylic acids is 2. The Bertz CT molecular complexity index is 358. The second-order valence-corrected chi connectivity index (χ2v) is 3.73. The highest BCUT2D eigenvalue weighted by atomic mass is 16.4. The molecule has 2 N–H and O–H groups in total. The lowest BCUT2D eigenvalue weighted by atomic mass is 10.1. The lowest BCUT2D eigenvalue weighted by molar-refractivity contribution is -0.134. The summed E-state index contributed by atoms with van der Waals surface area (Å²) >= 11 is 0. The van der Waals surface area contributed by atoms with Crippen LogP contribution in [-0.2, 0) is 14.4 Å². The van der Waals surface area contributed by atoms with E-state index < -0.39 is 17.9 Å². The van der Waals surface area contributed by atoms with Crippen LogP contribution in [0.1, 0.15) is 33.1 Å². The van der Waals surface area contributed by atoms with E-state index in [0.29, 0.717) is 12.7 Å². The fourth-order valence-corrected chi connectivity index (χ4v) is 1.19. The Kier molecular flexibility index (Phi) is 8.18. The van der Waals surface area contributed by atoms with E-state index in [9.17, 15) is 14.4 Å². The molecule has 0 spiro atoms. The minimum absolute atomic E-state index is 0.00190. The van der Waals surface area contributed by atoms with Crippen LogP contribution in [0.4, 0.5) is 0 Å². The van der Waals surface area contributed by atoms with Crippen LogP contribution >= 0.6 is 0 Å². The van der Waals surface area contributed by atoms with Crippen molar-refractivity contribution in [3.8, 4) is 0 Å². The molecule has 0 saturated heterocycles. The second-order valence-electron chi connectivity index (χ2n) is 3.73. The Hall–Kier alpha value is -1.91. The lowest BCUT2D eigenvalue weighted by Crippen LogP contribution is -2.35. The molecule has 1 amide bonds. The van der Waals surface area contributed by atoms with Crippen LogP contribution in [-0.4, -0.2) is 29.3 Å². The van der Waals surface area contributed by atoms with E-state index >= 15 is 0 Å². The van der Waals surface area contributed by atoms with Gasteiger partial charge in [0.15, 0.2) is 0 Å².